The molecule has 0 aromatic heterocycles. The smallest absolute Gasteiger partial charge is 0.124 e. The van der Waals surface area contributed by atoms with Gasteiger partial charge in [0.15, 0.2) is 0 Å². The van der Waals surface area contributed by atoms with Crippen LogP contribution in [0.4, 0.5) is 0 Å². The van der Waals surface area contributed by atoms with E-state index in [-0.39, 0.29) is 16.7 Å². The molecule has 1 aromatic carbocycles. The zero-order chi connectivity index (χ0) is 15.0. The van der Waals surface area contributed by atoms with Gasteiger partial charge < -0.3 is 4.55 Å². The van der Waals surface area contributed by atoms with Crippen LogP contribution in [0, 0.1) is 0 Å². The molecule has 4 heteroatoms. The van der Waals surface area contributed by atoms with Crippen LogP contribution in [-0.4, -0.2) is 13.0 Å². The Kier molecular flexibility index (Phi) is 4.80. The Labute approximate surface area is 116 Å². The van der Waals surface area contributed by atoms with E-state index in [2.05, 4.69) is 13.8 Å². The molecule has 19 heavy (non-hydrogen) atoms. The normalized spacial score (nSPS) is 12.7. The molecule has 0 aliphatic carbocycles. The lowest BCUT2D eigenvalue weighted by Gasteiger charge is -2.26. The predicted octanol–water partition coefficient (Wildman–Crippen LogP) is 3.96. The Morgan fingerprint density at radius 1 is 0.842 bits per heavy atom. The van der Waals surface area contributed by atoms with Crippen molar-refractivity contribution in [3.05, 3.63) is 28.8 Å². The Hall–Kier alpha value is -0.870. The summed E-state index contributed by atoms with van der Waals surface area (Å²) in [5.74, 6) is 0.504. The van der Waals surface area contributed by atoms with Gasteiger partial charge in [0, 0.05) is 0 Å². The summed E-state index contributed by atoms with van der Waals surface area (Å²) in [5, 5.41) is 0. The van der Waals surface area contributed by atoms with Crippen molar-refractivity contribution in [2.24, 2.45) is 0 Å². The SMILES string of the molecule is CC(C)c1ccc(S(=O)(=O)[O-])c(C(C)C)c1C(C)C. The standard InChI is InChI=1S/C15H24O3S/c1-9(2)12-7-8-13(19(16,17)18)15(11(5)6)14(12)10(3)4/h7-11H,1-6H3,(H,16,17,18)/p-1. The van der Waals surface area contributed by atoms with Crippen LogP contribution in [0.1, 0.15) is 76.0 Å². The third kappa shape index (κ3) is 3.37. The molecule has 1 rings (SSSR count). The first-order valence-corrected chi connectivity index (χ1v) is 8.10. The van der Waals surface area contributed by atoms with Gasteiger partial charge in [-0.2, -0.15) is 0 Å². The number of hydrogen-bond donors (Lipinski definition) is 0. The second kappa shape index (κ2) is 5.63. The Morgan fingerprint density at radius 3 is 1.63 bits per heavy atom. The maximum absolute atomic E-state index is 11.5. The monoisotopic (exact) mass is 283 g/mol. The van der Waals surface area contributed by atoms with Gasteiger partial charge in [-0.05, 0) is 40.5 Å². The highest BCUT2D eigenvalue weighted by atomic mass is 32.2. The van der Waals surface area contributed by atoms with E-state index in [1.54, 1.807) is 6.07 Å². The molecule has 3 nitrogen and oxygen atoms in total. The molecule has 0 aliphatic rings. The molecule has 0 saturated carbocycles. The van der Waals surface area contributed by atoms with E-state index in [9.17, 15) is 13.0 Å². The second-order valence-electron chi connectivity index (χ2n) is 5.90. The van der Waals surface area contributed by atoms with Crippen LogP contribution < -0.4 is 0 Å². The first kappa shape index (κ1) is 16.2. The van der Waals surface area contributed by atoms with Crippen LogP contribution in [-0.2, 0) is 10.1 Å². The topological polar surface area (TPSA) is 57.2 Å². The highest BCUT2D eigenvalue weighted by Crippen LogP contribution is 2.37. The van der Waals surface area contributed by atoms with Gasteiger partial charge in [-0.25, -0.2) is 8.42 Å². The number of hydrogen-bond acceptors (Lipinski definition) is 3. The summed E-state index contributed by atoms with van der Waals surface area (Å²) in [4.78, 5) is -0.0596. The summed E-state index contributed by atoms with van der Waals surface area (Å²) in [6.07, 6.45) is 0. The van der Waals surface area contributed by atoms with Gasteiger partial charge in [0.25, 0.3) is 0 Å². The first-order chi connectivity index (χ1) is 8.57. The Balaban J connectivity index is 3.79. The van der Waals surface area contributed by atoms with E-state index >= 15 is 0 Å². The van der Waals surface area contributed by atoms with Gasteiger partial charge in [0.05, 0.1) is 4.90 Å². The van der Waals surface area contributed by atoms with E-state index in [0.717, 1.165) is 11.1 Å². The van der Waals surface area contributed by atoms with Crippen molar-refractivity contribution in [3.63, 3.8) is 0 Å². The lowest BCUT2D eigenvalue weighted by molar-refractivity contribution is 0.461. The van der Waals surface area contributed by atoms with Gasteiger partial charge in [-0.15, -0.1) is 0 Å². The quantitative estimate of drug-likeness (QED) is 0.786. The highest BCUT2D eigenvalue weighted by Gasteiger charge is 2.22. The minimum absolute atomic E-state index is 0.00910. The fraction of sp³-hybridized carbons (Fsp3) is 0.600. The molecule has 0 spiro atoms. The zero-order valence-corrected chi connectivity index (χ0v) is 13.3. The van der Waals surface area contributed by atoms with Gasteiger partial charge in [-0.3, -0.25) is 0 Å². The summed E-state index contributed by atoms with van der Waals surface area (Å²) in [6, 6.07) is 3.26. The molecule has 0 N–H and O–H groups in total. The number of benzene rings is 1. The Bertz CT molecular complexity index is 555. The predicted molar refractivity (Wildman–Crippen MR) is 76.7 cm³/mol. The zero-order valence-electron chi connectivity index (χ0n) is 12.5. The lowest BCUT2D eigenvalue weighted by Crippen LogP contribution is -2.12. The van der Waals surface area contributed by atoms with Crippen LogP contribution in [0.2, 0.25) is 0 Å². The molecule has 0 unspecified atom stereocenters. The van der Waals surface area contributed by atoms with Gasteiger partial charge in [0.1, 0.15) is 10.1 Å². The van der Waals surface area contributed by atoms with Crippen molar-refractivity contribution in [1.29, 1.82) is 0 Å². The second-order valence-corrected chi connectivity index (χ2v) is 7.25. The molecular weight excluding hydrogens is 260 g/mol. The minimum Gasteiger partial charge on any atom is -0.744 e. The van der Waals surface area contributed by atoms with Crippen molar-refractivity contribution < 1.29 is 13.0 Å². The lowest BCUT2D eigenvalue weighted by atomic mass is 9.83. The Morgan fingerprint density at radius 2 is 1.32 bits per heavy atom. The van der Waals surface area contributed by atoms with E-state index < -0.39 is 10.1 Å². The van der Waals surface area contributed by atoms with Gasteiger partial charge in [0.2, 0.25) is 0 Å². The maximum atomic E-state index is 11.5. The molecule has 0 saturated heterocycles. The molecule has 0 heterocycles. The summed E-state index contributed by atoms with van der Waals surface area (Å²) >= 11 is 0. The first-order valence-electron chi connectivity index (χ1n) is 6.69. The van der Waals surface area contributed by atoms with Gasteiger partial charge in [-0.1, -0.05) is 47.6 Å². The van der Waals surface area contributed by atoms with Crippen LogP contribution in [0.3, 0.4) is 0 Å². The maximum Gasteiger partial charge on any atom is 0.124 e. The summed E-state index contributed by atoms with van der Waals surface area (Å²) in [6.45, 7) is 12.1. The van der Waals surface area contributed by atoms with E-state index in [1.807, 2.05) is 27.7 Å². The molecular formula is C15H23O3S-. The molecule has 1 aromatic rings. The third-order valence-electron chi connectivity index (χ3n) is 3.33. The fourth-order valence-corrected chi connectivity index (χ4v) is 3.44. The van der Waals surface area contributed by atoms with E-state index in [0.29, 0.717) is 11.5 Å². The van der Waals surface area contributed by atoms with Crippen molar-refractivity contribution in [3.8, 4) is 0 Å². The van der Waals surface area contributed by atoms with Crippen LogP contribution in [0.25, 0.3) is 0 Å². The molecule has 0 aliphatic heterocycles. The van der Waals surface area contributed by atoms with Crippen molar-refractivity contribution in [2.45, 2.75) is 64.2 Å². The molecule has 0 fully saturated rings. The van der Waals surface area contributed by atoms with Crippen molar-refractivity contribution in [2.75, 3.05) is 0 Å². The molecule has 0 atom stereocenters. The minimum atomic E-state index is -4.43. The summed E-state index contributed by atoms with van der Waals surface area (Å²) in [5.41, 5.74) is 2.84. The average molecular weight is 283 g/mol. The van der Waals surface area contributed by atoms with Crippen LogP contribution in [0.5, 0.6) is 0 Å². The fourth-order valence-electron chi connectivity index (χ4n) is 2.59. The van der Waals surface area contributed by atoms with E-state index in [1.165, 1.54) is 6.07 Å². The van der Waals surface area contributed by atoms with E-state index in [4.69, 9.17) is 0 Å². The van der Waals surface area contributed by atoms with Crippen molar-refractivity contribution >= 4 is 10.1 Å². The van der Waals surface area contributed by atoms with Crippen LogP contribution >= 0.6 is 0 Å². The van der Waals surface area contributed by atoms with Gasteiger partial charge >= 0.3 is 0 Å². The molecule has 108 valence electrons. The molecule has 0 radical (unpaired) electrons. The van der Waals surface area contributed by atoms with Crippen molar-refractivity contribution in [1.82, 2.24) is 0 Å². The summed E-state index contributed by atoms with van der Waals surface area (Å²) < 4.78 is 34.4. The van der Waals surface area contributed by atoms with Crippen LogP contribution in [0.15, 0.2) is 17.0 Å². The molecule has 0 bridgehead atoms. The largest absolute Gasteiger partial charge is 0.744 e. The average Bonchev–Trinajstić information content (AvgIpc) is 2.25. The molecule has 0 amide bonds. The third-order valence-corrected chi connectivity index (χ3v) is 4.22. The highest BCUT2D eigenvalue weighted by molar-refractivity contribution is 7.85. The summed E-state index contributed by atoms with van der Waals surface area (Å²) in [7, 11) is -4.43. The number of rotatable bonds is 4.